The summed E-state index contributed by atoms with van der Waals surface area (Å²) in [7, 11) is 0. The largest absolute Gasteiger partial charge is 0.462 e. The van der Waals surface area contributed by atoms with Crippen LogP contribution in [-0.2, 0) is 28.6 Å². The molecule has 0 aromatic carbocycles. The Morgan fingerprint density at radius 3 is 0.844 bits per heavy atom. The van der Waals surface area contributed by atoms with E-state index in [1.54, 1.807) is 0 Å². The highest BCUT2D eigenvalue weighted by molar-refractivity contribution is 5.71. The van der Waals surface area contributed by atoms with Gasteiger partial charge >= 0.3 is 17.9 Å². The molecule has 436 valence electrons. The van der Waals surface area contributed by atoms with Crippen molar-refractivity contribution in [3.8, 4) is 0 Å². The van der Waals surface area contributed by atoms with Crippen molar-refractivity contribution in [3.05, 3.63) is 134 Å². The predicted molar refractivity (Wildman–Crippen MR) is 334 cm³/mol. The summed E-state index contributed by atoms with van der Waals surface area (Å²) < 4.78 is 16.9. The van der Waals surface area contributed by atoms with E-state index in [0.29, 0.717) is 25.7 Å². The third kappa shape index (κ3) is 62.3. The second kappa shape index (κ2) is 64.1. The van der Waals surface area contributed by atoms with Crippen molar-refractivity contribution < 1.29 is 28.6 Å². The zero-order valence-corrected chi connectivity index (χ0v) is 49.9. The molecule has 0 saturated heterocycles. The molecular weight excluding hydrogens is 949 g/mol. The van der Waals surface area contributed by atoms with Crippen LogP contribution in [-0.4, -0.2) is 37.2 Å². The van der Waals surface area contributed by atoms with Crippen LogP contribution in [0, 0.1) is 0 Å². The zero-order chi connectivity index (χ0) is 55.7. The molecule has 0 spiro atoms. The van der Waals surface area contributed by atoms with Gasteiger partial charge in [-0.05, 0) is 141 Å². The minimum absolute atomic E-state index is 0.106. The maximum Gasteiger partial charge on any atom is 0.306 e. The Balaban J connectivity index is 4.53. The fourth-order valence-electron chi connectivity index (χ4n) is 8.36. The zero-order valence-electron chi connectivity index (χ0n) is 49.9. The van der Waals surface area contributed by atoms with E-state index >= 15 is 0 Å². The van der Waals surface area contributed by atoms with Crippen LogP contribution in [0.4, 0.5) is 0 Å². The number of hydrogen-bond donors (Lipinski definition) is 0. The van der Waals surface area contributed by atoms with Gasteiger partial charge in [0.25, 0.3) is 0 Å². The van der Waals surface area contributed by atoms with Gasteiger partial charge in [-0.2, -0.15) is 0 Å². The van der Waals surface area contributed by atoms with E-state index in [0.717, 1.165) is 128 Å². The predicted octanol–water partition coefficient (Wildman–Crippen LogP) is 21.8. The lowest BCUT2D eigenvalue weighted by molar-refractivity contribution is -0.167. The molecule has 0 saturated carbocycles. The number of rotatable bonds is 56. The van der Waals surface area contributed by atoms with Gasteiger partial charge in [0.2, 0.25) is 0 Å². The van der Waals surface area contributed by atoms with Crippen LogP contribution in [0.5, 0.6) is 0 Å². The van der Waals surface area contributed by atoms with Crippen LogP contribution >= 0.6 is 0 Å². The van der Waals surface area contributed by atoms with Crippen molar-refractivity contribution in [1.29, 1.82) is 0 Å². The maximum absolute atomic E-state index is 12.9. The molecule has 0 amide bonds. The van der Waals surface area contributed by atoms with Crippen molar-refractivity contribution in [2.45, 2.75) is 284 Å². The molecule has 1 unspecified atom stereocenters. The van der Waals surface area contributed by atoms with Gasteiger partial charge in [0, 0.05) is 19.3 Å². The third-order valence-electron chi connectivity index (χ3n) is 13.1. The maximum atomic E-state index is 12.9. The minimum atomic E-state index is -0.813. The molecule has 0 fully saturated rings. The number of carbonyl (C=O) groups is 3. The lowest BCUT2D eigenvalue weighted by atomic mass is 10.1. The van der Waals surface area contributed by atoms with Crippen molar-refractivity contribution in [1.82, 2.24) is 0 Å². The molecular formula is C71H116O6. The van der Waals surface area contributed by atoms with Gasteiger partial charge in [0.15, 0.2) is 6.10 Å². The van der Waals surface area contributed by atoms with E-state index in [1.165, 1.54) is 103 Å². The fourth-order valence-corrected chi connectivity index (χ4v) is 8.36. The first kappa shape index (κ1) is 72.5. The van der Waals surface area contributed by atoms with Gasteiger partial charge < -0.3 is 14.2 Å². The molecule has 1 atom stereocenters. The Hall–Kier alpha value is -4.45. The van der Waals surface area contributed by atoms with Gasteiger partial charge in [-0.3, -0.25) is 14.4 Å². The summed E-state index contributed by atoms with van der Waals surface area (Å²) in [5.41, 5.74) is 0. The molecule has 0 aliphatic carbocycles. The van der Waals surface area contributed by atoms with Crippen LogP contribution in [0.25, 0.3) is 0 Å². The average molecular weight is 1070 g/mol. The monoisotopic (exact) mass is 1060 g/mol. The quantitative estimate of drug-likeness (QED) is 0.0261. The topological polar surface area (TPSA) is 78.9 Å². The third-order valence-corrected chi connectivity index (χ3v) is 13.1. The fraction of sp³-hybridized carbons (Fsp3) is 0.648. The van der Waals surface area contributed by atoms with Crippen molar-refractivity contribution in [3.63, 3.8) is 0 Å². The molecule has 6 heteroatoms. The molecule has 0 aliphatic heterocycles. The first-order chi connectivity index (χ1) is 38.0. The Bertz CT molecular complexity index is 1650. The lowest BCUT2D eigenvalue weighted by Gasteiger charge is -2.18. The molecule has 0 aromatic rings. The van der Waals surface area contributed by atoms with Crippen LogP contribution in [0.1, 0.15) is 278 Å². The summed E-state index contributed by atoms with van der Waals surface area (Å²) in [6, 6.07) is 0. The normalized spacial score (nSPS) is 13.0. The van der Waals surface area contributed by atoms with Crippen molar-refractivity contribution in [2.24, 2.45) is 0 Å². The number of allylic oxidation sites excluding steroid dienone is 22. The van der Waals surface area contributed by atoms with Gasteiger partial charge in [-0.25, -0.2) is 0 Å². The Labute approximate surface area is 475 Å². The summed E-state index contributed by atoms with van der Waals surface area (Å²) in [5, 5.41) is 0. The summed E-state index contributed by atoms with van der Waals surface area (Å²) in [6.45, 7) is 6.44. The van der Waals surface area contributed by atoms with Gasteiger partial charge in [-0.1, -0.05) is 251 Å². The van der Waals surface area contributed by atoms with Crippen molar-refractivity contribution >= 4 is 17.9 Å². The molecule has 0 rings (SSSR count). The van der Waals surface area contributed by atoms with Crippen LogP contribution in [0.15, 0.2) is 134 Å². The Morgan fingerprint density at radius 2 is 0.506 bits per heavy atom. The highest BCUT2D eigenvalue weighted by Crippen LogP contribution is 2.14. The van der Waals surface area contributed by atoms with Crippen LogP contribution in [0.2, 0.25) is 0 Å². The van der Waals surface area contributed by atoms with Gasteiger partial charge in [-0.15, -0.1) is 0 Å². The SMILES string of the molecule is CC/C=C\C/C=C\C/C=C\C/C=C\C/C=C\C/C=C\CCCCC(=O)OCC(COC(=O)CCCCCCCCC/C=C\C/C=C\CCCCC)OC(=O)CCCCCCCC/C=C\C/C=C\C/C=C\CCCCCCC. The molecule has 0 heterocycles. The van der Waals surface area contributed by atoms with Gasteiger partial charge in [0.05, 0.1) is 0 Å². The Kier molecular flexibility index (Phi) is 60.4. The van der Waals surface area contributed by atoms with Crippen LogP contribution < -0.4 is 0 Å². The van der Waals surface area contributed by atoms with E-state index < -0.39 is 6.10 Å². The highest BCUT2D eigenvalue weighted by Gasteiger charge is 2.19. The summed E-state index contributed by atoms with van der Waals surface area (Å²) in [6.07, 6.45) is 90.1. The first-order valence-corrected chi connectivity index (χ1v) is 31.7. The molecule has 6 nitrogen and oxygen atoms in total. The molecule has 0 N–H and O–H groups in total. The summed E-state index contributed by atoms with van der Waals surface area (Å²) in [4.78, 5) is 38.3. The van der Waals surface area contributed by atoms with E-state index in [-0.39, 0.29) is 31.1 Å². The number of unbranched alkanes of at least 4 members (excludes halogenated alkanes) is 23. The van der Waals surface area contributed by atoms with E-state index in [2.05, 4.69) is 154 Å². The number of carbonyl (C=O) groups excluding carboxylic acids is 3. The lowest BCUT2D eigenvalue weighted by Crippen LogP contribution is -2.30. The number of ether oxygens (including phenoxy) is 3. The second-order valence-electron chi connectivity index (χ2n) is 20.6. The second-order valence-corrected chi connectivity index (χ2v) is 20.6. The first-order valence-electron chi connectivity index (χ1n) is 31.7. The van der Waals surface area contributed by atoms with Crippen molar-refractivity contribution in [2.75, 3.05) is 13.2 Å². The Morgan fingerprint density at radius 1 is 0.273 bits per heavy atom. The molecule has 0 radical (unpaired) electrons. The highest BCUT2D eigenvalue weighted by atomic mass is 16.6. The van der Waals surface area contributed by atoms with Gasteiger partial charge in [0.1, 0.15) is 13.2 Å². The molecule has 0 bridgehead atoms. The number of hydrogen-bond acceptors (Lipinski definition) is 6. The average Bonchev–Trinajstić information content (AvgIpc) is 3.43. The van der Waals surface area contributed by atoms with E-state index in [4.69, 9.17) is 14.2 Å². The smallest absolute Gasteiger partial charge is 0.306 e. The molecule has 0 aromatic heterocycles. The summed E-state index contributed by atoms with van der Waals surface area (Å²) in [5.74, 6) is -0.969. The summed E-state index contributed by atoms with van der Waals surface area (Å²) >= 11 is 0. The van der Waals surface area contributed by atoms with E-state index in [9.17, 15) is 14.4 Å². The number of esters is 3. The van der Waals surface area contributed by atoms with E-state index in [1.807, 2.05) is 0 Å². The minimum Gasteiger partial charge on any atom is -0.462 e. The molecule has 0 aliphatic rings. The molecule has 77 heavy (non-hydrogen) atoms. The van der Waals surface area contributed by atoms with Crippen LogP contribution in [0.3, 0.4) is 0 Å². The standard InChI is InChI=1S/C71H116O6/c1-4-7-10-13-16-19-22-25-28-31-33-35-37-40-43-46-49-52-55-58-61-64-70(73)76-67-68(66-75-69(72)63-60-57-54-51-48-45-42-39-30-27-24-21-18-15-12-9-6-3)77-71(74)65-62-59-56-53-50-47-44-41-38-36-34-32-29-26-23-20-17-14-11-8-5-2/h7,10,16,18-19,21,23,25-28,30,32-35,38,40-41,43,49,52,68H,4-6,8-9,11-15,17,20,22,24,29,31,36-37,39,42,44-48,50-51,53-67H2,1-3H3/b10-7-,19-16-,21-18-,26-23-,28-25-,30-27-,34-32-,35-33-,41-38-,43-40-,52-49-.